The van der Waals surface area contributed by atoms with Gasteiger partial charge >= 0.3 is 0 Å². The van der Waals surface area contributed by atoms with Crippen LogP contribution in [-0.2, 0) is 0 Å². The Hall–Kier alpha value is -2.84. The van der Waals surface area contributed by atoms with Gasteiger partial charge in [0.2, 0.25) is 0 Å². The molecule has 3 aromatic carbocycles. The molecule has 0 amide bonds. The van der Waals surface area contributed by atoms with Crippen LogP contribution in [-0.4, -0.2) is 10.1 Å². The molecule has 0 saturated carbocycles. The Morgan fingerprint density at radius 1 is 0.667 bits per heavy atom. The van der Waals surface area contributed by atoms with E-state index in [1.165, 1.54) is 0 Å². The Morgan fingerprint density at radius 2 is 1.25 bits per heavy atom. The fraction of sp³-hybridized carbons (Fsp3) is 0.0909. The number of fused-ring (bicyclic) bond motifs is 1. The molecule has 0 unspecified atom stereocenters. The molecule has 2 nitrogen and oxygen atoms in total. The lowest BCUT2D eigenvalue weighted by Gasteiger charge is -2.24. The summed E-state index contributed by atoms with van der Waals surface area (Å²) >= 11 is 0. The standard InChI is InChI=1S/C22H19NO/c24-22(17-11-5-2-6-12-17)21(16-9-3-1-4-10-16)19-15-23-20-14-8-7-13-18(19)20/h1-15,21-24H/t21-,22+/m1/s1. The molecule has 118 valence electrons. The Labute approximate surface area is 141 Å². The molecule has 0 aliphatic rings. The Bertz CT molecular complexity index is 928. The second-order valence-electron chi connectivity index (χ2n) is 6.03. The third-order valence-electron chi connectivity index (χ3n) is 4.57. The SMILES string of the molecule is O[C@@H](c1ccccc1)[C@H](c1ccccc1)c1c[nH]c2ccccc12. The van der Waals surface area contributed by atoms with Crippen LogP contribution in [0.5, 0.6) is 0 Å². The molecule has 2 atom stereocenters. The average molecular weight is 313 g/mol. The smallest absolute Gasteiger partial charge is 0.0899 e. The van der Waals surface area contributed by atoms with Gasteiger partial charge in [-0.05, 0) is 22.8 Å². The highest BCUT2D eigenvalue weighted by Gasteiger charge is 2.26. The molecule has 0 aliphatic heterocycles. The van der Waals surface area contributed by atoms with Gasteiger partial charge in [-0.1, -0.05) is 78.9 Å². The minimum absolute atomic E-state index is 0.121. The number of aromatic nitrogens is 1. The molecular weight excluding hydrogens is 294 g/mol. The average Bonchev–Trinajstić information content (AvgIpc) is 3.07. The first kappa shape index (κ1) is 14.7. The quantitative estimate of drug-likeness (QED) is 0.544. The van der Waals surface area contributed by atoms with Crippen molar-refractivity contribution in [1.82, 2.24) is 4.98 Å². The molecule has 0 saturated heterocycles. The second kappa shape index (κ2) is 6.34. The molecular formula is C22H19NO. The van der Waals surface area contributed by atoms with Gasteiger partial charge in [-0.15, -0.1) is 0 Å². The molecule has 0 fully saturated rings. The maximum absolute atomic E-state index is 11.2. The van der Waals surface area contributed by atoms with Crippen LogP contribution in [0.25, 0.3) is 10.9 Å². The number of rotatable bonds is 4. The molecule has 1 aromatic heterocycles. The van der Waals surface area contributed by atoms with Gasteiger partial charge in [0.1, 0.15) is 0 Å². The van der Waals surface area contributed by atoms with Crippen molar-refractivity contribution in [2.75, 3.05) is 0 Å². The lowest BCUT2D eigenvalue weighted by atomic mass is 9.83. The highest BCUT2D eigenvalue weighted by Crippen LogP contribution is 2.39. The summed E-state index contributed by atoms with van der Waals surface area (Å²) in [5.41, 5.74) is 4.25. The van der Waals surface area contributed by atoms with Crippen LogP contribution in [0.15, 0.2) is 91.1 Å². The number of aliphatic hydroxyl groups excluding tert-OH is 1. The zero-order valence-electron chi connectivity index (χ0n) is 13.3. The third-order valence-corrected chi connectivity index (χ3v) is 4.57. The molecule has 4 aromatic rings. The number of benzene rings is 3. The summed E-state index contributed by atoms with van der Waals surface area (Å²) in [6.07, 6.45) is 1.42. The second-order valence-corrected chi connectivity index (χ2v) is 6.03. The summed E-state index contributed by atoms with van der Waals surface area (Å²) in [5.74, 6) is -0.121. The van der Waals surface area contributed by atoms with Crippen molar-refractivity contribution in [1.29, 1.82) is 0 Å². The first-order chi connectivity index (χ1) is 11.8. The summed E-state index contributed by atoms with van der Waals surface area (Å²) in [5, 5.41) is 12.3. The van der Waals surface area contributed by atoms with Crippen molar-refractivity contribution in [3.63, 3.8) is 0 Å². The van der Waals surface area contributed by atoms with Crippen LogP contribution in [0.3, 0.4) is 0 Å². The molecule has 0 spiro atoms. The van der Waals surface area contributed by atoms with E-state index in [0.717, 1.165) is 27.6 Å². The van der Waals surface area contributed by atoms with E-state index in [4.69, 9.17) is 0 Å². The largest absolute Gasteiger partial charge is 0.387 e. The molecule has 0 radical (unpaired) electrons. The van der Waals surface area contributed by atoms with Crippen molar-refractivity contribution in [2.45, 2.75) is 12.0 Å². The highest BCUT2D eigenvalue weighted by atomic mass is 16.3. The number of hydrogen-bond acceptors (Lipinski definition) is 1. The van der Waals surface area contributed by atoms with Crippen LogP contribution in [0.2, 0.25) is 0 Å². The first-order valence-electron chi connectivity index (χ1n) is 8.18. The van der Waals surface area contributed by atoms with Gasteiger partial charge in [-0.2, -0.15) is 0 Å². The Kier molecular flexibility index (Phi) is 3.89. The van der Waals surface area contributed by atoms with Gasteiger partial charge in [0.25, 0.3) is 0 Å². The van der Waals surface area contributed by atoms with E-state index < -0.39 is 6.10 Å². The zero-order valence-corrected chi connectivity index (χ0v) is 13.3. The molecule has 2 heteroatoms. The van der Waals surface area contributed by atoms with Crippen molar-refractivity contribution >= 4 is 10.9 Å². The van der Waals surface area contributed by atoms with E-state index in [9.17, 15) is 5.11 Å². The van der Waals surface area contributed by atoms with E-state index in [2.05, 4.69) is 29.2 Å². The van der Waals surface area contributed by atoms with Crippen LogP contribution in [0.1, 0.15) is 28.7 Å². The third kappa shape index (κ3) is 2.61. The Morgan fingerprint density at radius 3 is 1.96 bits per heavy atom. The number of para-hydroxylation sites is 1. The van der Waals surface area contributed by atoms with Gasteiger partial charge in [0.05, 0.1) is 6.10 Å². The summed E-state index contributed by atoms with van der Waals surface area (Å²) in [6, 6.07) is 28.3. The van der Waals surface area contributed by atoms with Gasteiger partial charge in [-0.3, -0.25) is 0 Å². The predicted molar refractivity (Wildman–Crippen MR) is 98.0 cm³/mol. The fourth-order valence-electron chi connectivity index (χ4n) is 3.39. The van der Waals surface area contributed by atoms with Crippen LogP contribution in [0.4, 0.5) is 0 Å². The number of hydrogen-bond donors (Lipinski definition) is 2. The monoisotopic (exact) mass is 313 g/mol. The van der Waals surface area contributed by atoms with Crippen molar-refractivity contribution in [3.05, 3.63) is 108 Å². The lowest BCUT2D eigenvalue weighted by molar-refractivity contribution is 0.159. The van der Waals surface area contributed by atoms with Crippen molar-refractivity contribution in [2.24, 2.45) is 0 Å². The van der Waals surface area contributed by atoms with Crippen LogP contribution >= 0.6 is 0 Å². The van der Waals surface area contributed by atoms with Crippen molar-refractivity contribution < 1.29 is 5.11 Å². The van der Waals surface area contributed by atoms with Crippen molar-refractivity contribution in [3.8, 4) is 0 Å². The zero-order chi connectivity index (χ0) is 16.4. The van der Waals surface area contributed by atoms with E-state index in [1.807, 2.05) is 66.9 Å². The topological polar surface area (TPSA) is 36.0 Å². The number of aliphatic hydroxyl groups is 1. The molecule has 1 heterocycles. The lowest BCUT2D eigenvalue weighted by Crippen LogP contribution is -2.12. The van der Waals surface area contributed by atoms with E-state index >= 15 is 0 Å². The van der Waals surface area contributed by atoms with E-state index in [0.29, 0.717) is 0 Å². The Balaban J connectivity index is 1.88. The fourth-order valence-corrected chi connectivity index (χ4v) is 3.39. The number of nitrogens with one attached hydrogen (secondary N) is 1. The van der Waals surface area contributed by atoms with Gasteiger partial charge in [0.15, 0.2) is 0 Å². The molecule has 4 rings (SSSR count). The van der Waals surface area contributed by atoms with Crippen LogP contribution in [0, 0.1) is 0 Å². The van der Waals surface area contributed by atoms with Gasteiger partial charge in [0, 0.05) is 23.0 Å². The predicted octanol–water partition coefficient (Wildman–Crippen LogP) is 5.03. The molecule has 2 N–H and O–H groups in total. The maximum atomic E-state index is 11.2. The highest BCUT2D eigenvalue weighted by molar-refractivity contribution is 5.84. The van der Waals surface area contributed by atoms with Crippen LogP contribution < -0.4 is 0 Å². The summed E-state index contributed by atoms with van der Waals surface area (Å²) in [4.78, 5) is 3.33. The normalized spacial score (nSPS) is 13.7. The number of aromatic amines is 1. The van der Waals surface area contributed by atoms with Gasteiger partial charge < -0.3 is 10.1 Å². The number of H-pyrrole nitrogens is 1. The molecule has 24 heavy (non-hydrogen) atoms. The molecule has 0 aliphatic carbocycles. The minimum Gasteiger partial charge on any atom is -0.387 e. The maximum Gasteiger partial charge on any atom is 0.0899 e. The van der Waals surface area contributed by atoms with E-state index in [-0.39, 0.29) is 5.92 Å². The summed E-state index contributed by atoms with van der Waals surface area (Å²) in [6.45, 7) is 0. The first-order valence-corrected chi connectivity index (χ1v) is 8.18. The minimum atomic E-state index is -0.604. The summed E-state index contributed by atoms with van der Waals surface area (Å²) in [7, 11) is 0. The van der Waals surface area contributed by atoms with E-state index in [1.54, 1.807) is 0 Å². The van der Waals surface area contributed by atoms with Gasteiger partial charge in [-0.25, -0.2) is 0 Å². The summed E-state index contributed by atoms with van der Waals surface area (Å²) < 4.78 is 0. The molecule has 0 bridgehead atoms.